The molecule has 28 heavy (non-hydrogen) atoms. The molecular weight excluding hydrogens is 348 g/mol. The van der Waals surface area contributed by atoms with Crippen molar-refractivity contribution in [1.82, 2.24) is 0 Å². The minimum Gasteiger partial charge on any atom is -0.469 e. The number of ether oxygens (including phenoxy) is 1. The van der Waals surface area contributed by atoms with Gasteiger partial charge in [0.25, 0.3) is 0 Å². The Kier molecular flexibility index (Phi) is 5.44. The summed E-state index contributed by atoms with van der Waals surface area (Å²) in [4.78, 5) is 11.6. The number of hydrogen-bond acceptors (Lipinski definition) is 3. The van der Waals surface area contributed by atoms with Crippen LogP contribution in [-0.4, -0.2) is 24.3 Å². The number of methoxy groups -OCH3 is 1. The monoisotopic (exact) mass is 388 g/mol. The van der Waals surface area contributed by atoms with Gasteiger partial charge in [0, 0.05) is 6.42 Å². The molecule has 3 heteroatoms. The van der Waals surface area contributed by atoms with Gasteiger partial charge in [-0.1, -0.05) is 32.4 Å². The summed E-state index contributed by atoms with van der Waals surface area (Å²) in [5.74, 6) is 3.74. The zero-order valence-corrected chi connectivity index (χ0v) is 18.4. The van der Waals surface area contributed by atoms with Crippen LogP contribution in [0.3, 0.4) is 0 Å². The van der Waals surface area contributed by atoms with Crippen molar-refractivity contribution in [3.8, 4) is 0 Å². The molecule has 3 fully saturated rings. The molecule has 3 nitrogen and oxygen atoms in total. The highest BCUT2D eigenvalue weighted by atomic mass is 16.5. The summed E-state index contributed by atoms with van der Waals surface area (Å²) in [6, 6.07) is 0. The SMILES string of the molecule is COC(=O)CC[C@@H](C)[C@@H]1CC[C@H]2[C@@H]3CC=C4C[C@@H](O)CC[C@]4(C)[C@H]3CC[C@@]21C. The van der Waals surface area contributed by atoms with Crippen LogP contribution in [0.4, 0.5) is 0 Å². The van der Waals surface area contributed by atoms with Crippen LogP contribution >= 0.6 is 0 Å². The second-order valence-electron chi connectivity index (χ2n) is 11.0. The van der Waals surface area contributed by atoms with Crippen LogP contribution in [0, 0.1) is 40.4 Å². The number of rotatable bonds is 4. The van der Waals surface area contributed by atoms with Gasteiger partial charge in [-0.25, -0.2) is 0 Å². The first-order chi connectivity index (χ1) is 13.3. The van der Waals surface area contributed by atoms with E-state index in [1.807, 2.05) is 0 Å². The molecule has 0 radical (unpaired) electrons. The van der Waals surface area contributed by atoms with Gasteiger partial charge in [-0.3, -0.25) is 4.79 Å². The molecule has 4 aliphatic carbocycles. The molecule has 0 aromatic rings. The van der Waals surface area contributed by atoms with Crippen molar-refractivity contribution in [2.45, 2.75) is 91.1 Å². The molecule has 0 heterocycles. The van der Waals surface area contributed by atoms with E-state index in [4.69, 9.17) is 4.74 Å². The number of aliphatic hydroxyl groups excluding tert-OH is 1. The Labute approximate surface area is 171 Å². The Morgan fingerprint density at radius 1 is 1.21 bits per heavy atom. The maximum atomic E-state index is 11.6. The molecule has 8 atom stereocenters. The summed E-state index contributed by atoms with van der Waals surface area (Å²) in [6.45, 7) is 7.46. The Hall–Kier alpha value is -0.830. The Bertz CT molecular complexity index is 640. The van der Waals surface area contributed by atoms with E-state index in [9.17, 15) is 9.90 Å². The third-order valence-electron chi connectivity index (χ3n) is 9.87. The van der Waals surface area contributed by atoms with Crippen LogP contribution in [0.1, 0.15) is 85.0 Å². The lowest BCUT2D eigenvalue weighted by Gasteiger charge is -2.58. The van der Waals surface area contributed by atoms with Gasteiger partial charge in [-0.15, -0.1) is 0 Å². The highest BCUT2D eigenvalue weighted by molar-refractivity contribution is 5.69. The quantitative estimate of drug-likeness (QED) is 0.510. The molecule has 158 valence electrons. The van der Waals surface area contributed by atoms with Crippen LogP contribution in [0.5, 0.6) is 0 Å². The molecule has 0 spiro atoms. The molecule has 0 aromatic carbocycles. The molecule has 0 aromatic heterocycles. The lowest BCUT2D eigenvalue weighted by molar-refractivity contribution is -0.141. The van der Waals surface area contributed by atoms with Crippen molar-refractivity contribution < 1.29 is 14.6 Å². The van der Waals surface area contributed by atoms with Gasteiger partial charge in [0.2, 0.25) is 0 Å². The average Bonchev–Trinajstić information content (AvgIpc) is 3.03. The first-order valence-corrected chi connectivity index (χ1v) is 11.7. The number of allylic oxidation sites excluding steroid dienone is 1. The minimum absolute atomic E-state index is 0.0624. The molecule has 0 unspecified atom stereocenters. The molecule has 0 bridgehead atoms. The second-order valence-corrected chi connectivity index (χ2v) is 11.0. The van der Waals surface area contributed by atoms with Crippen molar-refractivity contribution in [3.63, 3.8) is 0 Å². The van der Waals surface area contributed by atoms with Crippen LogP contribution in [-0.2, 0) is 9.53 Å². The predicted octanol–water partition coefficient (Wildman–Crippen LogP) is 5.52. The van der Waals surface area contributed by atoms with Crippen molar-refractivity contribution in [2.75, 3.05) is 7.11 Å². The van der Waals surface area contributed by atoms with Crippen LogP contribution in [0.15, 0.2) is 11.6 Å². The topological polar surface area (TPSA) is 46.5 Å². The van der Waals surface area contributed by atoms with Gasteiger partial charge < -0.3 is 9.84 Å². The summed E-state index contributed by atoms with van der Waals surface area (Å²) >= 11 is 0. The summed E-state index contributed by atoms with van der Waals surface area (Å²) in [5, 5.41) is 10.2. The van der Waals surface area contributed by atoms with Gasteiger partial charge in [-0.2, -0.15) is 0 Å². The first-order valence-electron chi connectivity index (χ1n) is 11.7. The first kappa shape index (κ1) is 20.4. The lowest BCUT2D eigenvalue weighted by atomic mass is 9.47. The lowest BCUT2D eigenvalue weighted by Crippen LogP contribution is -2.50. The smallest absolute Gasteiger partial charge is 0.305 e. The molecule has 0 saturated heterocycles. The van der Waals surface area contributed by atoms with E-state index in [2.05, 4.69) is 26.8 Å². The Balaban J connectivity index is 1.51. The summed E-state index contributed by atoms with van der Waals surface area (Å²) in [7, 11) is 1.50. The van der Waals surface area contributed by atoms with Crippen molar-refractivity contribution in [1.29, 1.82) is 0 Å². The molecular formula is C25H40O3. The number of esters is 1. The number of hydrogen-bond donors (Lipinski definition) is 1. The molecule has 0 amide bonds. The van der Waals surface area contributed by atoms with Crippen LogP contribution < -0.4 is 0 Å². The van der Waals surface area contributed by atoms with E-state index in [1.165, 1.54) is 45.6 Å². The minimum atomic E-state index is -0.115. The van der Waals surface area contributed by atoms with Gasteiger partial charge in [-0.05, 0) is 98.2 Å². The largest absolute Gasteiger partial charge is 0.469 e. The third kappa shape index (κ3) is 3.16. The highest BCUT2D eigenvalue weighted by Crippen LogP contribution is 2.67. The van der Waals surface area contributed by atoms with Crippen LogP contribution in [0.2, 0.25) is 0 Å². The predicted molar refractivity (Wildman–Crippen MR) is 112 cm³/mol. The Morgan fingerprint density at radius 2 is 2.00 bits per heavy atom. The second kappa shape index (κ2) is 7.45. The fraction of sp³-hybridized carbons (Fsp3) is 0.880. The number of carbonyl (C=O) groups excluding carboxylic acids is 1. The number of carbonyl (C=O) groups is 1. The molecule has 3 saturated carbocycles. The molecule has 0 aliphatic heterocycles. The molecule has 4 aliphatic rings. The number of aliphatic hydroxyl groups is 1. The normalized spacial score (nSPS) is 46.0. The van der Waals surface area contributed by atoms with E-state index in [1.54, 1.807) is 5.57 Å². The van der Waals surface area contributed by atoms with Gasteiger partial charge >= 0.3 is 5.97 Å². The van der Waals surface area contributed by atoms with E-state index < -0.39 is 0 Å². The molecule has 1 N–H and O–H groups in total. The summed E-state index contributed by atoms with van der Waals surface area (Å²) in [6.07, 6.45) is 13.6. The summed E-state index contributed by atoms with van der Waals surface area (Å²) in [5.41, 5.74) is 2.34. The van der Waals surface area contributed by atoms with Gasteiger partial charge in [0.15, 0.2) is 0 Å². The van der Waals surface area contributed by atoms with Crippen molar-refractivity contribution in [2.24, 2.45) is 40.4 Å². The fourth-order valence-electron chi connectivity index (χ4n) is 8.27. The zero-order valence-electron chi connectivity index (χ0n) is 18.4. The van der Waals surface area contributed by atoms with E-state index in [0.29, 0.717) is 23.2 Å². The van der Waals surface area contributed by atoms with E-state index in [0.717, 1.165) is 42.9 Å². The average molecular weight is 389 g/mol. The zero-order chi connectivity index (χ0) is 20.1. The molecule has 4 rings (SSSR count). The standard InChI is InChI=1S/C25H40O3/c1-16(5-10-23(27)28-4)20-8-9-21-19-7-6-17-15-18(26)11-13-24(17,2)22(19)12-14-25(20,21)3/h6,16,18-22,26H,5,7-15H2,1-4H3/t16-,18+,19+,20+,21+,22+,24+,25-/m1/s1. The fourth-order valence-corrected chi connectivity index (χ4v) is 8.27. The highest BCUT2D eigenvalue weighted by Gasteiger charge is 2.59. The number of fused-ring (bicyclic) bond motifs is 5. The van der Waals surface area contributed by atoms with Crippen molar-refractivity contribution >= 4 is 5.97 Å². The maximum Gasteiger partial charge on any atom is 0.305 e. The maximum absolute atomic E-state index is 11.6. The van der Waals surface area contributed by atoms with Crippen LogP contribution in [0.25, 0.3) is 0 Å². The van der Waals surface area contributed by atoms with Gasteiger partial charge in [0.05, 0.1) is 13.2 Å². The van der Waals surface area contributed by atoms with E-state index in [-0.39, 0.29) is 12.1 Å². The summed E-state index contributed by atoms with van der Waals surface area (Å²) < 4.78 is 4.87. The Morgan fingerprint density at radius 3 is 2.75 bits per heavy atom. The van der Waals surface area contributed by atoms with E-state index >= 15 is 0 Å². The third-order valence-corrected chi connectivity index (χ3v) is 9.87. The van der Waals surface area contributed by atoms with Crippen molar-refractivity contribution in [3.05, 3.63) is 11.6 Å². The van der Waals surface area contributed by atoms with Gasteiger partial charge in [0.1, 0.15) is 0 Å².